The molecule has 0 radical (unpaired) electrons. The molecule has 2 aromatic carbocycles. The molecule has 0 saturated carbocycles. The first-order chi connectivity index (χ1) is 13.9. The minimum absolute atomic E-state index is 0.0733. The molecule has 0 aliphatic heterocycles. The highest BCUT2D eigenvalue weighted by Crippen LogP contribution is 2.34. The summed E-state index contributed by atoms with van der Waals surface area (Å²) in [6, 6.07) is 8.65. The van der Waals surface area contributed by atoms with E-state index in [0.29, 0.717) is 5.75 Å². The van der Waals surface area contributed by atoms with Crippen molar-refractivity contribution in [2.24, 2.45) is 0 Å². The van der Waals surface area contributed by atoms with Gasteiger partial charge in [-0.25, -0.2) is 4.79 Å². The van der Waals surface area contributed by atoms with Crippen LogP contribution in [0.25, 0.3) is 0 Å². The quantitative estimate of drug-likeness (QED) is 0.339. The molecule has 0 heterocycles. The van der Waals surface area contributed by atoms with Crippen molar-refractivity contribution in [2.75, 3.05) is 14.2 Å². The van der Waals surface area contributed by atoms with Gasteiger partial charge in [-0.3, -0.25) is 10.1 Å². The second-order valence-corrected chi connectivity index (χ2v) is 6.44. The van der Waals surface area contributed by atoms with Gasteiger partial charge in [0.2, 0.25) is 0 Å². The Hall–Kier alpha value is -3.29. The van der Waals surface area contributed by atoms with Gasteiger partial charge in [-0.2, -0.15) is 0 Å². The van der Waals surface area contributed by atoms with E-state index in [2.05, 4.69) is 6.92 Å². The molecule has 0 fully saturated rings. The molecule has 156 valence electrons. The van der Waals surface area contributed by atoms with E-state index in [-0.39, 0.29) is 30.2 Å². The number of rotatable bonds is 9. The van der Waals surface area contributed by atoms with E-state index in [9.17, 15) is 14.9 Å². The van der Waals surface area contributed by atoms with Gasteiger partial charge < -0.3 is 18.9 Å². The molecule has 0 saturated heterocycles. The molecule has 0 aromatic heterocycles. The smallest absolute Gasteiger partial charge is 0.493 e. The molecular formula is C21H25NO7. The van der Waals surface area contributed by atoms with Crippen molar-refractivity contribution in [3.8, 4) is 11.5 Å². The predicted octanol–water partition coefficient (Wildman–Crippen LogP) is 4.73. The van der Waals surface area contributed by atoms with Crippen molar-refractivity contribution in [1.29, 1.82) is 0 Å². The van der Waals surface area contributed by atoms with Crippen molar-refractivity contribution < 1.29 is 28.7 Å². The predicted molar refractivity (Wildman–Crippen MR) is 106 cm³/mol. The van der Waals surface area contributed by atoms with Crippen LogP contribution < -0.4 is 9.47 Å². The Bertz CT molecular complexity index is 880. The lowest BCUT2D eigenvalue weighted by Crippen LogP contribution is -2.10. The monoisotopic (exact) mass is 403 g/mol. The number of aryl methyl sites for hydroxylation is 2. The lowest BCUT2D eigenvalue weighted by atomic mass is 10.0. The molecule has 0 amide bonds. The second kappa shape index (κ2) is 10.3. The summed E-state index contributed by atoms with van der Waals surface area (Å²) in [7, 11) is 2.80. The molecule has 0 aliphatic carbocycles. The highest BCUT2D eigenvalue weighted by atomic mass is 16.7. The van der Waals surface area contributed by atoms with Gasteiger partial charge in [-0.05, 0) is 30.5 Å². The fourth-order valence-electron chi connectivity index (χ4n) is 2.91. The zero-order chi connectivity index (χ0) is 21.4. The number of ether oxygens (including phenoxy) is 4. The van der Waals surface area contributed by atoms with Crippen LogP contribution in [-0.4, -0.2) is 25.3 Å². The summed E-state index contributed by atoms with van der Waals surface area (Å²) in [6.45, 7) is 3.79. The molecule has 0 N–H and O–H groups in total. The van der Waals surface area contributed by atoms with E-state index in [0.717, 1.165) is 29.5 Å². The average molecular weight is 403 g/mol. The maximum Gasteiger partial charge on any atom is 0.508 e. The molecular weight excluding hydrogens is 378 g/mol. The minimum atomic E-state index is -0.905. The zero-order valence-electron chi connectivity index (χ0n) is 17.0. The van der Waals surface area contributed by atoms with E-state index in [4.69, 9.17) is 18.9 Å². The van der Waals surface area contributed by atoms with Crippen LogP contribution in [0.4, 0.5) is 10.5 Å². The maximum absolute atomic E-state index is 12.0. The van der Waals surface area contributed by atoms with Gasteiger partial charge in [0.05, 0.1) is 30.8 Å². The first-order valence-electron chi connectivity index (χ1n) is 9.16. The van der Waals surface area contributed by atoms with Crippen LogP contribution in [0.2, 0.25) is 0 Å². The molecule has 2 rings (SSSR count). The van der Waals surface area contributed by atoms with Crippen LogP contribution in [0.15, 0.2) is 30.3 Å². The van der Waals surface area contributed by atoms with Crippen LogP contribution in [0.3, 0.4) is 0 Å². The highest BCUT2D eigenvalue weighted by molar-refractivity contribution is 5.61. The van der Waals surface area contributed by atoms with Crippen LogP contribution in [0.1, 0.15) is 35.6 Å². The van der Waals surface area contributed by atoms with Gasteiger partial charge in [-0.15, -0.1) is 0 Å². The van der Waals surface area contributed by atoms with Crippen molar-refractivity contribution in [2.45, 2.75) is 39.9 Å². The topological polar surface area (TPSA) is 97.1 Å². The first-order valence-corrected chi connectivity index (χ1v) is 9.16. The van der Waals surface area contributed by atoms with Gasteiger partial charge in [0.1, 0.15) is 13.2 Å². The minimum Gasteiger partial charge on any atom is -0.493 e. The number of nitro benzene ring substituents is 1. The van der Waals surface area contributed by atoms with E-state index >= 15 is 0 Å². The summed E-state index contributed by atoms with van der Waals surface area (Å²) in [5, 5.41) is 11.3. The Morgan fingerprint density at radius 2 is 1.59 bits per heavy atom. The normalized spacial score (nSPS) is 10.3. The molecule has 8 heteroatoms. The van der Waals surface area contributed by atoms with Gasteiger partial charge in [-0.1, -0.05) is 37.1 Å². The highest BCUT2D eigenvalue weighted by Gasteiger charge is 2.21. The average Bonchev–Trinajstić information content (AvgIpc) is 2.71. The Labute approximate surface area is 169 Å². The number of methoxy groups -OCH3 is 2. The van der Waals surface area contributed by atoms with Gasteiger partial charge >= 0.3 is 6.16 Å². The molecule has 8 nitrogen and oxygen atoms in total. The van der Waals surface area contributed by atoms with E-state index in [1.165, 1.54) is 26.4 Å². The van der Waals surface area contributed by atoms with Gasteiger partial charge in [0.15, 0.2) is 11.5 Å². The fourth-order valence-corrected chi connectivity index (χ4v) is 2.91. The number of nitro groups is 1. The summed E-state index contributed by atoms with van der Waals surface area (Å²) < 4.78 is 20.5. The summed E-state index contributed by atoms with van der Waals surface area (Å²) in [5.74, 6) is 0.516. The Kier molecular flexibility index (Phi) is 7.82. The van der Waals surface area contributed by atoms with Gasteiger partial charge in [0.25, 0.3) is 5.69 Å². The van der Waals surface area contributed by atoms with Gasteiger partial charge in [0, 0.05) is 0 Å². The van der Waals surface area contributed by atoms with Crippen LogP contribution in [0.5, 0.6) is 11.5 Å². The van der Waals surface area contributed by atoms with Crippen molar-refractivity contribution in [1.82, 2.24) is 0 Å². The zero-order valence-corrected chi connectivity index (χ0v) is 17.0. The third-order valence-electron chi connectivity index (χ3n) is 4.35. The molecule has 0 atom stereocenters. The standard InChI is InChI=1S/C21H25NO7/c1-5-6-15-8-7-14(2)9-16(15)12-28-21(23)29-13-17-10-19(26-3)20(27-4)11-18(17)22(24)25/h7-11H,5-6,12-13H2,1-4H3. The van der Waals surface area contributed by atoms with E-state index < -0.39 is 11.1 Å². The largest absolute Gasteiger partial charge is 0.508 e. The van der Waals surface area contributed by atoms with Crippen molar-refractivity contribution in [3.63, 3.8) is 0 Å². The molecule has 0 unspecified atom stereocenters. The molecule has 0 spiro atoms. The number of hydrogen-bond acceptors (Lipinski definition) is 7. The first kappa shape index (κ1) is 22.0. The lowest BCUT2D eigenvalue weighted by molar-refractivity contribution is -0.385. The van der Waals surface area contributed by atoms with Crippen LogP contribution in [0, 0.1) is 17.0 Å². The molecule has 0 bridgehead atoms. The molecule has 29 heavy (non-hydrogen) atoms. The number of benzene rings is 2. The Morgan fingerprint density at radius 3 is 2.17 bits per heavy atom. The number of carbonyl (C=O) groups excluding carboxylic acids is 1. The maximum atomic E-state index is 12.0. The summed E-state index contributed by atoms with van der Waals surface area (Å²) in [5.41, 5.74) is 3.03. The lowest BCUT2D eigenvalue weighted by Gasteiger charge is -2.12. The Morgan fingerprint density at radius 1 is 0.966 bits per heavy atom. The molecule has 0 aliphatic rings. The van der Waals surface area contributed by atoms with E-state index in [1.54, 1.807) is 0 Å². The third kappa shape index (κ3) is 5.84. The number of carbonyl (C=O) groups is 1. The SMILES string of the molecule is CCCc1ccc(C)cc1COC(=O)OCc1cc(OC)c(OC)cc1[N+](=O)[O-]. The summed E-state index contributed by atoms with van der Waals surface area (Å²) >= 11 is 0. The van der Waals surface area contributed by atoms with Crippen molar-refractivity contribution >= 4 is 11.8 Å². The Balaban J connectivity index is 2.06. The summed E-state index contributed by atoms with van der Waals surface area (Å²) in [4.78, 5) is 22.8. The number of nitrogens with zero attached hydrogens (tertiary/aromatic N) is 1. The number of hydrogen-bond donors (Lipinski definition) is 0. The second-order valence-electron chi connectivity index (χ2n) is 6.44. The summed E-state index contributed by atoms with van der Waals surface area (Å²) in [6.07, 6.45) is 0.952. The van der Waals surface area contributed by atoms with Crippen LogP contribution in [-0.2, 0) is 29.1 Å². The molecule has 2 aromatic rings. The third-order valence-corrected chi connectivity index (χ3v) is 4.35. The van der Waals surface area contributed by atoms with Crippen LogP contribution >= 0.6 is 0 Å². The van der Waals surface area contributed by atoms with Crippen molar-refractivity contribution in [3.05, 3.63) is 62.7 Å². The fraction of sp³-hybridized carbons (Fsp3) is 0.381. The van der Waals surface area contributed by atoms with E-state index in [1.807, 2.05) is 25.1 Å².